The molecule has 112 valence electrons. The van der Waals surface area contributed by atoms with Gasteiger partial charge in [0.05, 0.1) is 18.0 Å². The largest absolute Gasteiger partial charge is 0.489 e. The zero-order chi connectivity index (χ0) is 15.4. The molecule has 1 aromatic carbocycles. The first-order valence-electron chi connectivity index (χ1n) is 6.78. The van der Waals surface area contributed by atoms with Crippen LogP contribution in [0, 0.1) is 0 Å². The molecule has 3 rings (SSSR count). The Kier molecular flexibility index (Phi) is 4.32. The molecule has 0 spiro atoms. The quantitative estimate of drug-likeness (QED) is 0.708. The van der Waals surface area contributed by atoms with E-state index in [0.717, 1.165) is 22.0 Å². The number of aliphatic hydroxyl groups is 1. The van der Waals surface area contributed by atoms with E-state index in [0.29, 0.717) is 11.4 Å². The Hall–Kier alpha value is -2.44. The fraction of sp³-hybridized carbons (Fsp3) is 0.125. The van der Waals surface area contributed by atoms with Gasteiger partial charge >= 0.3 is 0 Å². The third-order valence-corrected chi connectivity index (χ3v) is 3.93. The summed E-state index contributed by atoms with van der Waals surface area (Å²) < 4.78 is 5.35. The van der Waals surface area contributed by atoms with E-state index in [1.807, 2.05) is 35.7 Å². The number of nitrogens with two attached hydrogens (primary N) is 1. The molecule has 0 amide bonds. The number of thiazole rings is 1. The van der Waals surface area contributed by atoms with Gasteiger partial charge in [0.15, 0.2) is 0 Å². The van der Waals surface area contributed by atoms with E-state index in [2.05, 4.69) is 9.97 Å². The van der Waals surface area contributed by atoms with Gasteiger partial charge < -0.3 is 15.6 Å². The summed E-state index contributed by atoms with van der Waals surface area (Å²) >= 11 is 1.54. The van der Waals surface area contributed by atoms with E-state index in [1.54, 1.807) is 23.6 Å². The fourth-order valence-corrected chi connectivity index (χ4v) is 2.82. The van der Waals surface area contributed by atoms with Crippen LogP contribution in [-0.4, -0.2) is 28.3 Å². The molecule has 6 heteroatoms. The van der Waals surface area contributed by atoms with Crippen molar-refractivity contribution in [2.24, 2.45) is 0 Å². The molecule has 0 saturated carbocycles. The molecular formula is C16H15N3O2S. The van der Waals surface area contributed by atoms with E-state index in [-0.39, 0.29) is 13.2 Å². The van der Waals surface area contributed by atoms with E-state index < -0.39 is 0 Å². The number of benzene rings is 1. The number of pyridine rings is 1. The molecule has 0 aliphatic carbocycles. The Bertz CT molecular complexity index is 759. The first-order valence-corrected chi connectivity index (χ1v) is 7.66. The average molecular weight is 313 g/mol. The first kappa shape index (κ1) is 14.5. The summed E-state index contributed by atoms with van der Waals surface area (Å²) in [7, 11) is 0. The molecule has 0 fully saturated rings. The lowest BCUT2D eigenvalue weighted by Gasteiger charge is -2.08. The van der Waals surface area contributed by atoms with Crippen molar-refractivity contribution in [3.05, 3.63) is 48.0 Å². The van der Waals surface area contributed by atoms with Crippen LogP contribution in [0.15, 0.2) is 48.0 Å². The number of aromatic nitrogens is 2. The highest BCUT2D eigenvalue weighted by molar-refractivity contribution is 7.13. The van der Waals surface area contributed by atoms with E-state index in [9.17, 15) is 0 Å². The van der Waals surface area contributed by atoms with Crippen molar-refractivity contribution in [3.8, 4) is 27.7 Å². The number of nitrogen functional groups attached to an aromatic ring is 1. The number of hydrogen-bond acceptors (Lipinski definition) is 6. The Morgan fingerprint density at radius 2 is 2.09 bits per heavy atom. The van der Waals surface area contributed by atoms with Gasteiger partial charge in [-0.2, -0.15) is 0 Å². The number of ether oxygens (including phenoxy) is 1. The lowest BCUT2D eigenvalue weighted by atomic mass is 10.2. The van der Waals surface area contributed by atoms with Crippen molar-refractivity contribution in [1.82, 2.24) is 9.97 Å². The second-order valence-electron chi connectivity index (χ2n) is 4.58. The number of nitrogens with zero attached hydrogens (tertiary/aromatic N) is 2. The highest BCUT2D eigenvalue weighted by atomic mass is 32.1. The molecule has 0 aliphatic rings. The molecule has 2 aromatic heterocycles. The van der Waals surface area contributed by atoms with Crippen LogP contribution in [0.25, 0.3) is 22.0 Å². The number of anilines is 1. The monoisotopic (exact) mass is 313 g/mol. The zero-order valence-electron chi connectivity index (χ0n) is 11.8. The lowest BCUT2D eigenvalue weighted by Crippen LogP contribution is -2.03. The third-order valence-electron chi connectivity index (χ3n) is 3.04. The van der Waals surface area contributed by atoms with Crippen LogP contribution in [0.2, 0.25) is 0 Å². The average Bonchev–Trinajstić information content (AvgIpc) is 3.04. The molecule has 0 radical (unpaired) electrons. The Labute approximate surface area is 132 Å². The van der Waals surface area contributed by atoms with E-state index >= 15 is 0 Å². The molecule has 0 aliphatic heterocycles. The van der Waals surface area contributed by atoms with Gasteiger partial charge in [0, 0.05) is 17.1 Å². The van der Waals surface area contributed by atoms with Gasteiger partial charge in [-0.05, 0) is 30.3 Å². The number of aliphatic hydroxyl groups excluding tert-OH is 1. The number of rotatable bonds is 5. The summed E-state index contributed by atoms with van der Waals surface area (Å²) in [5.74, 6) is 0.569. The van der Waals surface area contributed by atoms with Gasteiger partial charge in [-0.3, -0.25) is 4.98 Å². The van der Waals surface area contributed by atoms with Crippen molar-refractivity contribution in [1.29, 1.82) is 0 Å². The van der Waals surface area contributed by atoms with Gasteiger partial charge in [-0.1, -0.05) is 6.07 Å². The minimum atomic E-state index is -0.0406. The molecule has 0 saturated heterocycles. The molecule has 0 atom stereocenters. The number of hydrogen-bond donors (Lipinski definition) is 2. The molecular weight excluding hydrogens is 298 g/mol. The van der Waals surface area contributed by atoms with E-state index in [4.69, 9.17) is 15.6 Å². The van der Waals surface area contributed by atoms with Crippen LogP contribution < -0.4 is 10.5 Å². The summed E-state index contributed by atoms with van der Waals surface area (Å²) in [6.45, 7) is 0.186. The van der Waals surface area contributed by atoms with Gasteiger partial charge in [-0.15, -0.1) is 11.3 Å². The van der Waals surface area contributed by atoms with Crippen molar-refractivity contribution < 1.29 is 9.84 Å². The zero-order valence-corrected chi connectivity index (χ0v) is 12.6. The minimum absolute atomic E-state index is 0.0406. The Balaban J connectivity index is 1.86. The normalized spacial score (nSPS) is 10.6. The van der Waals surface area contributed by atoms with Crippen molar-refractivity contribution in [2.45, 2.75) is 0 Å². The van der Waals surface area contributed by atoms with Gasteiger partial charge in [0.25, 0.3) is 0 Å². The van der Waals surface area contributed by atoms with Crippen LogP contribution >= 0.6 is 11.3 Å². The topological polar surface area (TPSA) is 81.3 Å². The first-order chi connectivity index (χ1) is 10.8. The predicted molar refractivity (Wildman–Crippen MR) is 87.8 cm³/mol. The fourth-order valence-electron chi connectivity index (χ4n) is 2.01. The van der Waals surface area contributed by atoms with Gasteiger partial charge in [0.2, 0.25) is 0 Å². The maximum absolute atomic E-state index is 8.78. The van der Waals surface area contributed by atoms with E-state index in [1.165, 1.54) is 0 Å². The molecule has 2 heterocycles. The Morgan fingerprint density at radius 1 is 1.18 bits per heavy atom. The molecule has 3 aromatic rings. The maximum atomic E-state index is 8.78. The molecule has 3 N–H and O–H groups in total. The van der Waals surface area contributed by atoms with Crippen LogP contribution in [0.5, 0.6) is 5.75 Å². The summed E-state index contributed by atoms with van der Waals surface area (Å²) in [4.78, 5) is 8.90. The molecule has 0 unspecified atom stereocenters. The third kappa shape index (κ3) is 3.08. The van der Waals surface area contributed by atoms with Crippen molar-refractivity contribution >= 4 is 17.0 Å². The van der Waals surface area contributed by atoms with Crippen LogP contribution in [0.3, 0.4) is 0 Å². The van der Waals surface area contributed by atoms with Gasteiger partial charge in [0.1, 0.15) is 23.1 Å². The molecule has 0 bridgehead atoms. The van der Waals surface area contributed by atoms with Crippen LogP contribution in [0.1, 0.15) is 0 Å². The van der Waals surface area contributed by atoms with Crippen molar-refractivity contribution in [3.63, 3.8) is 0 Å². The summed E-state index contributed by atoms with van der Waals surface area (Å²) in [6.07, 6.45) is 1.75. The molecule has 5 nitrogen and oxygen atoms in total. The van der Waals surface area contributed by atoms with Crippen LogP contribution in [-0.2, 0) is 0 Å². The van der Waals surface area contributed by atoms with Crippen LogP contribution in [0.4, 0.5) is 5.69 Å². The predicted octanol–water partition coefficient (Wildman–Crippen LogP) is 2.83. The lowest BCUT2D eigenvalue weighted by molar-refractivity contribution is 0.202. The highest BCUT2D eigenvalue weighted by Gasteiger charge is 2.09. The smallest absolute Gasteiger partial charge is 0.142 e. The summed E-state index contributed by atoms with van der Waals surface area (Å²) in [5.41, 5.74) is 9.13. The maximum Gasteiger partial charge on any atom is 0.142 e. The van der Waals surface area contributed by atoms with Gasteiger partial charge in [-0.25, -0.2) is 4.98 Å². The SMILES string of the molecule is Nc1cc(-c2nc(-c3ccccn3)cs2)ccc1OCCO. The van der Waals surface area contributed by atoms with Crippen molar-refractivity contribution in [2.75, 3.05) is 18.9 Å². The highest BCUT2D eigenvalue weighted by Crippen LogP contribution is 2.32. The Morgan fingerprint density at radius 3 is 2.82 bits per heavy atom. The summed E-state index contributed by atoms with van der Waals surface area (Å²) in [5, 5.41) is 11.6. The second kappa shape index (κ2) is 6.55. The second-order valence-corrected chi connectivity index (χ2v) is 5.44. The minimum Gasteiger partial charge on any atom is -0.489 e. The standard InChI is InChI=1S/C16H15N3O2S/c17-12-9-11(4-5-15(12)21-8-7-20)16-19-14(10-22-16)13-3-1-2-6-18-13/h1-6,9-10,20H,7-8,17H2. The molecule has 22 heavy (non-hydrogen) atoms. The summed E-state index contributed by atoms with van der Waals surface area (Å²) in [6, 6.07) is 11.3.